The van der Waals surface area contributed by atoms with Gasteiger partial charge in [0.05, 0.1) is 23.6 Å². The van der Waals surface area contributed by atoms with E-state index in [0.717, 1.165) is 29.0 Å². The number of benzene rings is 2. The fourth-order valence-electron chi connectivity index (χ4n) is 5.10. The van der Waals surface area contributed by atoms with Gasteiger partial charge in [0.25, 0.3) is 0 Å². The summed E-state index contributed by atoms with van der Waals surface area (Å²) in [7, 11) is 1.93. The first-order chi connectivity index (χ1) is 19.3. The summed E-state index contributed by atoms with van der Waals surface area (Å²) in [5.41, 5.74) is 4.65. The van der Waals surface area contributed by atoms with Crippen molar-refractivity contribution in [1.82, 2.24) is 15.1 Å². The predicted molar refractivity (Wildman–Crippen MR) is 151 cm³/mol. The SMILES string of the molecule is CCc1c(N(C=O)c2ccccn2)ccc2c1N(C(C)C(=O)O)C(CNc1ccc(-c3noc(=O)[nH]3)cc1)N2C. The second-order valence-electron chi connectivity index (χ2n) is 9.36. The van der Waals surface area contributed by atoms with Gasteiger partial charge in [-0.25, -0.2) is 14.6 Å². The zero-order valence-electron chi connectivity index (χ0n) is 22.2. The number of carboxylic acids is 1. The quantitative estimate of drug-likeness (QED) is 0.254. The molecule has 206 valence electrons. The van der Waals surface area contributed by atoms with Gasteiger partial charge in [-0.05, 0) is 61.9 Å². The van der Waals surface area contributed by atoms with E-state index < -0.39 is 17.8 Å². The molecule has 1 aliphatic rings. The molecule has 4 aromatic rings. The van der Waals surface area contributed by atoms with Crippen molar-refractivity contribution in [2.45, 2.75) is 32.5 Å². The van der Waals surface area contributed by atoms with E-state index in [1.54, 1.807) is 37.4 Å². The zero-order valence-corrected chi connectivity index (χ0v) is 22.2. The van der Waals surface area contributed by atoms with Crippen LogP contribution in [-0.2, 0) is 16.0 Å². The first-order valence-corrected chi connectivity index (χ1v) is 12.8. The van der Waals surface area contributed by atoms with Crippen molar-refractivity contribution in [1.29, 1.82) is 0 Å². The number of carbonyl (C=O) groups is 2. The average Bonchev–Trinajstić information content (AvgIpc) is 3.53. The Balaban J connectivity index is 1.48. The van der Waals surface area contributed by atoms with Crippen LogP contribution in [0.1, 0.15) is 19.4 Å². The zero-order chi connectivity index (χ0) is 28.4. The number of pyridine rings is 1. The number of nitrogens with zero attached hydrogens (tertiary/aromatic N) is 5. The summed E-state index contributed by atoms with van der Waals surface area (Å²) in [6.45, 7) is 4.05. The molecule has 1 amide bonds. The summed E-state index contributed by atoms with van der Waals surface area (Å²) in [6.07, 6.45) is 2.58. The number of hydrogen-bond donors (Lipinski definition) is 3. The number of H-pyrrole nitrogens is 1. The van der Waals surface area contributed by atoms with Crippen molar-refractivity contribution >= 4 is 40.9 Å². The van der Waals surface area contributed by atoms with Gasteiger partial charge in [-0.1, -0.05) is 18.1 Å². The minimum Gasteiger partial charge on any atom is -0.480 e. The molecule has 5 rings (SSSR count). The summed E-state index contributed by atoms with van der Waals surface area (Å²) in [5.74, 6) is -0.768. The summed E-state index contributed by atoms with van der Waals surface area (Å²) in [4.78, 5) is 48.1. The van der Waals surface area contributed by atoms with E-state index in [0.29, 0.717) is 35.9 Å². The molecule has 0 radical (unpaired) electrons. The van der Waals surface area contributed by atoms with Gasteiger partial charge in [0, 0.05) is 30.1 Å². The number of anilines is 5. The summed E-state index contributed by atoms with van der Waals surface area (Å²) in [6, 6.07) is 15.6. The summed E-state index contributed by atoms with van der Waals surface area (Å²) in [5, 5.41) is 17.2. The highest BCUT2D eigenvalue weighted by Gasteiger charge is 2.41. The number of hydrogen-bond acceptors (Lipinski definition) is 9. The number of fused-ring (bicyclic) bond motifs is 1. The molecule has 2 unspecified atom stereocenters. The van der Waals surface area contributed by atoms with Crippen LogP contribution in [0.15, 0.2) is 70.1 Å². The van der Waals surface area contributed by atoms with Crippen molar-refractivity contribution in [3.8, 4) is 11.4 Å². The monoisotopic (exact) mass is 543 g/mol. The minimum absolute atomic E-state index is 0.335. The lowest BCUT2D eigenvalue weighted by molar-refractivity contribution is -0.138. The number of aromatic nitrogens is 3. The van der Waals surface area contributed by atoms with Crippen LogP contribution in [0.2, 0.25) is 0 Å². The molecule has 3 N–H and O–H groups in total. The molecule has 1 aliphatic heterocycles. The third-order valence-electron chi connectivity index (χ3n) is 7.12. The predicted octanol–water partition coefficient (Wildman–Crippen LogP) is 3.45. The van der Waals surface area contributed by atoms with Crippen molar-refractivity contribution in [2.24, 2.45) is 0 Å². The molecule has 2 atom stereocenters. The van der Waals surface area contributed by atoms with Gasteiger partial charge in [0.1, 0.15) is 18.0 Å². The number of carbonyl (C=O) groups excluding carboxylic acids is 1. The molecule has 2 aromatic heterocycles. The van der Waals surface area contributed by atoms with Gasteiger partial charge >= 0.3 is 11.7 Å². The van der Waals surface area contributed by atoms with E-state index in [4.69, 9.17) is 0 Å². The molecule has 12 nitrogen and oxygen atoms in total. The van der Waals surface area contributed by atoms with Crippen molar-refractivity contribution in [3.05, 3.63) is 76.9 Å². The Kier molecular flexibility index (Phi) is 7.23. The molecule has 0 fully saturated rings. The van der Waals surface area contributed by atoms with Gasteiger partial charge in [0.2, 0.25) is 6.41 Å². The lowest BCUT2D eigenvalue weighted by Crippen LogP contribution is -2.52. The Bertz CT molecular complexity index is 1570. The molecule has 40 heavy (non-hydrogen) atoms. The van der Waals surface area contributed by atoms with Crippen LogP contribution in [0.5, 0.6) is 0 Å². The topological polar surface area (TPSA) is 148 Å². The van der Waals surface area contributed by atoms with Gasteiger partial charge in [-0.2, -0.15) is 0 Å². The van der Waals surface area contributed by atoms with Crippen LogP contribution in [0, 0.1) is 0 Å². The van der Waals surface area contributed by atoms with Crippen molar-refractivity contribution in [3.63, 3.8) is 0 Å². The summed E-state index contributed by atoms with van der Waals surface area (Å²) < 4.78 is 4.57. The highest BCUT2D eigenvalue weighted by Crippen LogP contribution is 2.47. The molecular weight excluding hydrogens is 514 g/mol. The first-order valence-electron chi connectivity index (χ1n) is 12.8. The minimum atomic E-state index is -0.957. The number of carboxylic acid groups (broad SMARTS) is 1. The number of nitrogens with one attached hydrogen (secondary N) is 2. The van der Waals surface area contributed by atoms with Crippen LogP contribution in [-0.4, -0.2) is 58.4 Å². The molecule has 12 heteroatoms. The van der Waals surface area contributed by atoms with Crippen molar-refractivity contribution in [2.75, 3.05) is 33.6 Å². The molecule has 0 saturated carbocycles. The Hall–Kier alpha value is -5.13. The molecular formula is C28H29N7O5. The maximum Gasteiger partial charge on any atom is 0.439 e. The average molecular weight is 544 g/mol. The fraction of sp³-hybridized carbons (Fsp3) is 0.250. The van der Waals surface area contributed by atoms with E-state index in [9.17, 15) is 19.5 Å². The van der Waals surface area contributed by atoms with E-state index >= 15 is 0 Å². The Morgan fingerprint density at radius 3 is 2.60 bits per heavy atom. The van der Waals surface area contributed by atoms with E-state index in [1.165, 1.54) is 4.90 Å². The maximum atomic E-state index is 12.3. The first kappa shape index (κ1) is 26.5. The Morgan fingerprint density at radius 2 is 2.00 bits per heavy atom. The normalized spacial score (nSPS) is 15.0. The van der Waals surface area contributed by atoms with Gasteiger partial charge < -0.3 is 20.2 Å². The van der Waals surface area contributed by atoms with Crippen LogP contribution < -0.4 is 25.8 Å². The lowest BCUT2D eigenvalue weighted by Gasteiger charge is -2.34. The maximum absolute atomic E-state index is 12.3. The van der Waals surface area contributed by atoms with Crippen LogP contribution in [0.3, 0.4) is 0 Å². The summed E-state index contributed by atoms with van der Waals surface area (Å²) >= 11 is 0. The second kappa shape index (κ2) is 10.9. The third kappa shape index (κ3) is 4.75. The van der Waals surface area contributed by atoms with Crippen LogP contribution in [0.4, 0.5) is 28.6 Å². The highest BCUT2D eigenvalue weighted by molar-refractivity contribution is 5.95. The van der Waals surface area contributed by atoms with E-state index in [2.05, 4.69) is 25.0 Å². The third-order valence-corrected chi connectivity index (χ3v) is 7.12. The van der Waals surface area contributed by atoms with Gasteiger partial charge in [-0.3, -0.25) is 19.2 Å². The second-order valence-corrected chi connectivity index (χ2v) is 9.36. The number of aromatic amines is 1. The van der Waals surface area contributed by atoms with E-state index in [-0.39, 0.29) is 6.17 Å². The largest absolute Gasteiger partial charge is 0.480 e. The van der Waals surface area contributed by atoms with E-state index in [1.807, 2.05) is 54.1 Å². The standard InChI is InChI=1S/C28H29N7O5/c1-4-20-21(34(16-36)23-7-5-6-14-29-23)12-13-22-25(20)35(17(2)27(37)38)24(33(22)3)15-30-19-10-8-18(9-11-19)26-31-28(39)40-32-26/h5-14,16-17,24,30H,4,15H2,1-3H3,(H,37,38)(H,31,32,39). The Morgan fingerprint density at radius 1 is 1.23 bits per heavy atom. The molecule has 0 aliphatic carbocycles. The lowest BCUT2D eigenvalue weighted by atomic mass is 10.0. The van der Waals surface area contributed by atoms with Gasteiger partial charge in [0.15, 0.2) is 5.82 Å². The van der Waals surface area contributed by atoms with Crippen LogP contribution in [0.25, 0.3) is 11.4 Å². The van der Waals surface area contributed by atoms with Crippen molar-refractivity contribution < 1.29 is 19.2 Å². The molecule has 3 heterocycles. The molecule has 2 aromatic carbocycles. The molecule has 0 bridgehead atoms. The highest BCUT2D eigenvalue weighted by atomic mass is 16.5. The Labute approximate surface area is 229 Å². The molecule has 0 spiro atoms. The van der Waals surface area contributed by atoms with Gasteiger partial charge in [-0.15, -0.1) is 0 Å². The number of rotatable bonds is 10. The smallest absolute Gasteiger partial charge is 0.439 e. The fourth-order valence-corrected chi connectivity index (χ4v) is 5.10. The number of likely N-dealkylation sites (N-methyl/N-ethyl adjacent to an activating group) is 1. The number of amides is 1. The number of aliphatic carboxylic acids is 1. The van der Waals surface area contributed by atoms with Crippen LogP contribution >= 0.6 is 0 Å². The molecule has 0 saturated heterocycles.